The third kappa shape index (κ3) is 8.05. The number of hydrogen-bond acceptors (Lipinski definition) is 7. The van der Waals surface area contributed by atoms with E-state index in [0.29, 0.717) is 54.4 Å². The van der Waals surface area contributed by atoms with Crippen molar-refractivity contribution in [1.82, 2.24) is 40.0 Å². The number of halogens is 1. The number of carboxylic acid groups (broad SMARTS) is 1. The van der Waals surface area contributed by atoms with E-state index in [-0.39, 0.29) is 35.7 Å². The Morgan fingerprint density at radius 3 is 1.93 bits per heavy atom. The molecule has 292 valence electrons. The molecule has 4 N–H and O–H groups in total. The summed E-state index contributed by atoms with van der Waals surface area (Å²) in [4.78, 5) is 71.0. The first kappa shape index (κ1) is 39.0. The molecular weight excluding hydrogens is 707 g/mol. The highest BCUT2D eigenvalue weighted by molar-refractivity contribution is 5.87. The predicted octanol–water partition coefficient (Wildman–Crippen LogP) is 6.61. The predicted molar refractivity (Wildman–Crippen MR) is 203 cm³/mol. The molecule has 15 heteroatoms. The van der Waals surface area contributed by atoms with Crippen molar-refractivity contribution in [2.24, 2.45) is 11.8 Å². The number of ether oxygens (including phenoxy) is 1. The highest BCUT2D eigenvalue weighted by Gasteiger charge is 2.40. The summed E-state index contributed by atoms with van der Waals surface area (Å²) in [6, 6.07) is 10.5. The van der Waals surface area contributed by atoms with Crippen LogP contribution < -0.4 is 5.32 Å². The number of benzene rings is 2. The first-order valence-electron chi connectivity index (χ1n) is 18.7. The van der Waals surface area contributed by atoms with Crippen molar-refractivity contribution in [3.8, 4) is 33.6 Å². The van der Waals surface area contributed by atoms with Crippen molar-refractivity contribution in [3.63, 3.8) is 0 Å². The Hall–Kier alpha value is -5.73. The third-order valence-electron chi connectivity index (χ3n) is 10.7. The van der Waals surface area contributed by atoms with E-state index in [9.17, 15) is 24.3 Å². The van der Waals surface area contributed by atoms with Crippen molar-refractivity contribution in [1.29, 1.82) is 0 Å². The molecule has 2 aliphatic heterocycles. The Kier molecular flexibility index (Phi) is 11.6. The lowest BCUT2D eigenvalue weighted by Crippen LogP contribution is -2.51. The van der Waals surface area contributed by atoms with Gasteiger partial charge in [-0.2, -0.15) is 0 Å². The number of H-pyrrole nitrogens is 2. The summed E-state index contributed by atoms with van der Waals surface area (Å²) < 4.78 is 20.4. The number of amides is 4. The van der Waals surface area contributed by atoms with Gasteiger partial charge in [0.05, 0.1) is 43.0 Å². The summed E-state index contributed by atoms with van der Waals surface area (Å²) >= 11 is 0. The van der Waals surface area contributed by atoms with Gasteiger partial charge in [0.15, 0.2) is 0 Å². The smallest absolute Gasteiger partial charge is 0.407 e. The number of methoxy groups -OCH3 is 1. The molecule has 6 rings (SSSR count). The zero-order valence-corrected chi connectivity index (χ0v) is 32.0. The van der Waals surface area contributed by atoms with Gasteiger partial charge in [-0.25, -0.2) is 23.9 Å². The Labute approximate surface area is 319 Å². The van der Waals surface area contributed by atoms with E-state index in [0.717, 1.165) is 34.6 Å². The molecule has 0 spiro atoms. The van der Waals surface area contributed by atoms with Crippen LogP contribution in [0.3, 0.4) is 0 Å². The Morgan fingerprint density at radius 1 is 0.836 bits per heavy atom. The van der Waals surface area contributed by atoms with Crippen LogP contribution in [-0.2, 0) is 14.3 Å². The molecule has 2 aromatic carbocycles. The fourth-order valence-electron chi connectivity index (χ4n) is 7.75. The van der Waals surface area contributed by atoms with Crippen LogP contribution in [0.5, 0.6) is 0 Å². The van der Waals surface area contributed by atoms with Crippen LogP contribution in [-0.4, -0.2) is 103 Å². The maximum absolute atomic E-state index is 15.7. The lowest BCUT2D eigenvalue weighted by atomic mass is 10.0. The van der Waals surface area contributed by atoms with Gasteiger partial charge in [-0.1, -0.05) is 58.0 Å². The number of nitrogens with one attached hydrogen (secondary N) is 3. The summed E-state index contributed by atoms with van der Waals surface area (Å²) in [6.07, 6.45) is 4.45. The van der Waals surface area contributed by atoms with Crippen molar-refractivity contribution >= 4 is 24.0 Å². The van der Waals surface area contributed by atoms with Gasteiger partial charge in [0.25, 0.3) is 0 Å². The molecule has 55 heavy (non-hydrogen) atoms. The molecule has 0 unspecified atom stereocenters. The number of likely N-dealkylation sites (tertiary alicyclic amines) is 2. The van der Waals surface area contributed by atoms with E-state index in [2.05, 4.69) is 25.3 Å². The molecule has 2 aliphatic rings. The number of alkyl carbamates (subject to hydrolysis) is 1. The van der Waals surface area contributed by atoms with Crippen LogP contribution in [0.15, 0.2) is 54.9 Å². The fraction of sp³-hybridized carbons (Fsp3) is 0.450. The number of carbonyl (C=O) groups is 4. The molecule has 4 amide bonds. The normalized spacial score (nSPS) is 18.1. The zero-order valence-electron chi connectivity index (χ0n) is 32.0. The van der Waals surface area contributed by atoms with Crippen molar-refractivity contribution < 1.29 is 33.4 Å². The largest absolute Gasteiger partial charge is 0.465 e. The van der Waals surface area contributed by atoms with Crippen LogP contribution in [0.25, 0.3) is 33.6 Å². The van der Waals surface area contributed by atoms with Gasteiger partial charge in [-0.05, 0) is 66.3 Å². The molecule has 2 fully saturated rings. The molecule has 0 bridgehead atoms. The second kappa shape index (κ2) is 16.3. The van der Waals surface area contributed by atoms with Crippen molar-refractivity contribution in [3.05, 3.63) is 72.3 Å². The first-order valence-corrected chi connectivity index (χ1v) is 18.7. The molecule has 2 aromatic heterocycles. The van der Waals surface area contributed by atoms with Gasteiger partial charge in [-0.3, -0.25) is 14.5 Å². The number of aromatic amines is 2. The Morgan fingerprint density at radius 2 is 1.38 bits per heavy atom. The molecule has 4 heterocycles. The Bertz CT molecular complexity index is 2030. The Balaban J connectivity index is 1.14. The quantitative estimate of drug-likeness (QED) is 0.132. The number of imidazole rings is 2. The molecule has 0 aliphatic carbocycles. The second-order valence-corrected chi connectivity index (χ2v) is 15.0. The average Bonchev–Trinajstić information content (AvgIpc) is 4.00. The standard InChI is InChI=1S/C40H49FN8O6/c1-22(2)33(46-39(52)55-6)37(50)48-17-7-9-31(48)36-43-21-30(45-36)27-16-15-26(19-28(27)41)24-11-13-25(14-12-24)29-20-42-35(44-29)32-10-8-18-49(32)38(51)34(23(3)4)47(5)40(53)54/h11-16,19-23,31-34H,7-10,17-18H2,1-6H3,(H,42,44)(H,43,45)(H,46,52)(H,53,54)/t31-,32-,33-,34-/m0/s1. The van der Waals surface area contributed by atoms with Crippen molar-refractivity contribution in [2.45, 2.75) is 77.5 Å². The van der Waals surface area contributed by atoms with Crippen LogP contribution in [0.1, 0.15) is 77.1 Å². The van der Waals surface area contributed by atoms with Gasteiger partial charge in [0.2, 0.25) is 11.8 Å². The number of nitrogens with zero attached hydrogens (tertiary/aromatic N) is 5. The van der Waals surface area contributed by atoms with Gasteiger partial charge >= 0.3 is 12.2 Å². The minimum absolute atomic E-state index is 0.159. The first-order chi connectivity index (χ1) is 26.3. The summed E-state index contributed by atoms with van der Waals surface area (Å²) in [6.45, 7) is 8.44. The SMILES string of the molecule is COC(=O)N[C@H](C(=O)N1CCC[C@H]1c1ncc(-c2ccc(-c3ccc(-c4cnc([C@@H]5CCCN5C(=O)[C@H](C(C)C)N(C)C(=O)O)[nH]4)cc3)cc2F)[nH]1)C(C)C. The van der Waals surface area contributed by atoms with E-state index in [4.69, 9.17) is 4.74 Å². The lowest BCUT2D eigenvalue weighted by Gasteiger charge is -2.33. The molecule has 4 aromatic rings. The van der Waals surface area contributed by atoms with E-state index in [1.807, 2.05) is 58.0 Å². The van der Waals surface area contributed by atoms with Gasteiger partial charge in [-0.15, -0.1) is 0 Å². The average molecular weight is 757 g/mol. The summed E-state index contributed by atoms with van der Waals surface area (Å²) in [5.41, 5.74) is 3.98. The topological polar surface area (TPSA) is 177 Å². The molecule has 2 saturated heterocycles. The number of rotatable bonds is 11. The fourth-order valence-corrected chi connectivity index (χ4v) is 7.75. The highest BCUT2D eigenvalue weighted by atomic mass is 19.1. The van der Waals surface area contributed by atoms with E-state index < -0.39 is 30.1 Å². The number of carbonyl (C=O) groups excluding carboxylic acids is 3. The summed E-state index contributed by atoms with van der Waals surface area (Å²) in [5, 5.41) is 12.2. The van der Waals surface area contributed by atoms with E-state index in [1.165, 1.54) is 20.2 Å². The molecule has 14 nitrogen and oxygen atoms in total. The maximum atomic E-state index is 15.7. The zero-order chi connectivity index (χ0) is 39.6. The highest BCUT2D eigenvalue weighted by Crippen LogP contribution is 2.36. The number of hydrogen-bond donors (Lipinski definition) is 4. The molecule has 4 atom stereocenters. The van der Waals surface area contributed by atoms with Crippen LogP contribution in [0, 0.1) is 17.7 Å². The van der Waals surface area contributed by atoms with Gasteiger partial charge in [0.1, 0.15) is 29.5 Å². The lowest BCUT2D eigenvalue weighted by molar-refractivity contribution is -0.138. The van der Waals surface area contributed by atoms with Crippen LogP contribution in [0.4, 0.5) is 14.0 Å². The van der Waals surface area contributed by atoms with E-state index >= 15 is 4.39 Å². The van der Waals surface area contributed by atoms with Crippen LogP contribution in [0.2, 0.25) is 0 Å². The molecule has 0 radical (unpaired) electrons. The summed E-state index contributed by atoms with van der Waals surface area (Å²) in [5.74, 6) is -0.0274. The third-order valence-corrected chi connectivity index (χ3v) is 10.7. The maximum Gasteiger partial charge on any atom is 0.407 e. The molecular formula is C40H49FN8O6. The monoisotopic (exact) mass is 756 g/mol. The number of likely N-dealkylation sites (N-methyl/N-ethyl adjacent to an activating group) is 1. The van der Waals surface area contributed by atoms with Gasteiger partial charge < -0.3 is 34.9 Å². The molecule has 0 saturated carbocycles. The second-order valence-electron chi connectivity index (χ2n) is 15.0. The minimum atomic E-state index is -1.15. The van der Waals surface area contributed by atoms with Crippen molar-refractivity contribution in [2.75, 3.05) is 27.2 Å². The van der Waals surface area contributed by atoms with Gasteiger partial charge in [0, 0.05) is 25.7 Å². The number of aromatic nitrogens is 4. The van der Waals surface area contributed by atoms with E-state index in [1.54, 1.807) is 28.3 Å². The summed E-state index contributed by atoms with van der Waals surface area (Å²) in [7, 11) is 2.68. The minimum Gasteiger partial charge on any atom is -0.465 e. The van der Waals surface area contributed by atoms with Crippen LogP contribution >= 0.6 is 0 Å².